The van der Waals surface area contributed by atoms with Crippen LogP contribution < -0.4 is 5.32 Å². The molecule has 144 valence electrons. The molecule has 1 saturated carbocycles. The molecule has 2 fully saturated rings. The number of hydrogen-bond donors (Lipinski definition) is 1. The second-order valence-electron chi connectivity index (χ2n) is 8.31. The molecule has 1 amide bonds. The van der Waals surface area contributed by atoms with E-state index in [1.165, 1.54) is 24.0 Å². The third kappa shape index (κ3) is 5.55. The molecule has 4 heteroatoms. The lowest BCUT2D eigenvalue weighted by Crippen LogP contribution is -2.47. The minimum absolute atomic E-state index is 0.200. The van der Waals surface area contributed by atoms with E-state index >= 15 is 0 Å². The van der Waals surface area contributed by atoms with Crippen molar-refractivity contribution in [2.24, 2.45) is 0 Å². The Morgan fingerprint density at radius 2 is 1.81 bits per heavy atom. The summed E-state index contributed by atoms with van der Waals surface area (Å²) in [6.07, 6.45) is 4.62. The van der Waals surface area contributed by atoms with Gasteiger partial charge in [0.2, 0.25) is 5.91 Å². The first-order chi connectivity index (χ1) is 12.5. The maximum Gasteiger partial charge on any atom is 0.234 e. The average molecular weight is 358 g/mol. The standard InChI is InChI=1S/C22H35N3O/c1-4-24-13-11-20(12-14-24)23-22(26)16-25(21-9-10-21)15-18-5-7-19(8-6-18)17(2)3/h5-8,17,20-21H,4,9-16H2,1-3H3,(H,23,26). The smallest absolute Gasteiger partial charge is 0.234 e. The highest BCUT2D eigenvalue weighted by molar-refractivity contribution is 5.78. The highest BCUT2D eigenvalue weighted by Crippen LogP contribution is 2.28. The zero-order chi connectivity index (χ0) is 18.5. The zero-order valence-electron chi connectivity index (χ0n) is 16.7. The lowest BCUT2D eigenvalue weighted by atomic mass is 10.0. The summed E-state index contributed by atoms with van der Waals surface area (Å²) in [5.74, 6) is 0.763. The molecule has 0 spiro atoms. The van der Waals surface area contributed by atoms with Crippen LogP contribution in [0.1, 0.15) is 63.5 Å². The summed E-state index contributed by atoms with van der Waals surface area (Å²) in [6.45, 7) is 11.4. The van der Waals surface area contributed by atoms with Gasteiger partial charge in [0.05, 0.1) is 6.54 Å². The molecule has 4 nitrogen and oxygen atoms in total. The molecule has 26 heavy (non-hydrogen) atoms. The molecule has 0 atom stereocenters. The molecule has 0 bridgehead atoms. The number of rotatable bonds is 8. The van der Waals surface area contributed by atoms with Gasteiger partial charge in [-0.3, -0.25) is 9.69 Å². The van der Waals surface area contributed by atoms with Crippen molar-refractivity contribution in [1.82, 2.24) is 15.1 Å². The molecule has 1 heterocycles. The van der Waals surface area contributed by atoms with Crippen LogP contribution in [-0.2, 0) is 11.3 Å². The highest BCUT2D eigenvalue weighted by Gasteiger charge is 2.31. The number of carbonyl (C=O) groups is 1. The first-order valence-corrected chi connectivity index (χ1v) is 10.4. The summed E-state index contributed by atoms with van der Waals surface area (Å²) in [6, 6.07) is 9.86. The van der Waals surface area contributed by atoms with E-state index in [9.17, 15) is 4.79 Å². The number of likely N-dealkylation sites (tertiary alicyclic amines) is 1. The fraction of sp³-hybridized carbons (Fsp3) is 0.682. The summed E-state index contributed by atoms with van der Waals surface area (Å²) in [5, 5.41) is 3.28. The van der Waals surface area contributed by atoms with Crippen LogP contribution in [0.4, 0.5) is 0 Å². The Morgan fingerprint density at radius 3 is 2.35 bits per heavy atom. The molecule has 1 aliphatic heterocycles. The summed E-state index contributed by atoms with van der Waals surface area (Å²) in [5.41, 5.74) is 2.69. The maximum atomic E-state index is 12.6. The van der Waals surface area contributed by atoms with E-state index in [1.807, 2.05) is 0 Å². The zero-order valence-corrected chi connectivity index (χ0v) is 16.7. The first-order valence-electron chi connectivity index (χ1n) is 10.4. The number of piperidine rings is 1. The Hall–Kier alpha value is -1.39. The van der Waals surface area contributed by atoms with Crippen molar-refractivity contribution in [2.75, 3.05) is 26.2 Å². The van der Waals surface area contributed by atoms with Crippen molar-refractivity contribution < 1.29 is 4.79 Å². The van der Waals surface area contributed by atoms with Crippen LogP contribution in [0.25, 0.3) is 0 Å². The molecule has 2 aliphatic rings. The van der Waals surface area contributed by atoms with Crippen LogP contribution in [-0.4, -0.2) is 54.0 Å². The molecule has 1 N–H and O–H groups in total. The van der Waals surface area contributed by atoms with Crippen molar-refractivity contribution in [3.05, 3.63) is 35.4 Å². The monoisotopic (exact) mass is 357 g/mol. The van der Waals surface area contributed by atoms with E-state index < -0.39 is 0 Å². The van der Waals surface area contributed by atoms with Crippen molar-refractivity contribution in [3.63, 3.8) is 0 Å². The topological polar surface area (TPSA) is 35.6 Å². The first kappa shape index (κ1) is 19.4. The minimum Gasteiger partial charge on any atom is -0.352 e. The van der Waals surface area contributed by atoms with Crippen LogP contribution in [0.15, 0.2) is 24.3 Å². The third-order valence-corrected chi connectivity index (χ3v) is 5.84. The number of hydrogen-bond acceptors (Lipinski definition) is 3. The maximum absolute atomic E-state index is 12.6. The fourth-order valence-corrected chi connectivity index (χ4v) is 3.85. The van der Waals surface area contributed by atoms with Gasteiger partial charge in [-0.1, -0.05) is 45.0 Å². The van der Waals surface area contributed by atoms with Gasteiger partial charge < -0.3 is 10.2 Å². The normalized spacial score (nSPS) is 19.3. The Balaban J connectivity index is 1.49. The van der Waals surface area contributed by atoms with E-state index in [4.69, 9.17) is 0 Å². The van der Waals surface area contributed by atoms with Crippen LogP contribution in [0, 0.1) is 0 Å². The number of nitrogens with one attached hydrogen (secondary N) is 1. The van der Waals surface area contributed by atoms with Gasteiger partial charge in [-0.25, -0.2) is 0 Å². The lowest BCUT2D eigenvalue weighted by Gasteiger charge is -2.32. The second-order valence-corrected chi connectivity index (χ2v) is 8.31. The third-order valence-electron chi connectivity index (χ3n) is 5.84. The van der Waals surface area contributed by atoms with Crippen LogP contribution in [0.5, 0.6) is 0 Å². The number of benzene rings is 1. The molecule has 0 aromatic heterocycles. The van der Waals surface area contributed by atoms with Crippen LogP contribution in [0.2, 0.25) is 0 Å². The molecule has 1 aromatic rings. The molecular weight excluding hydrogens is 322 g/mol. The number of nitrogens with zero attached hydrogens (tertiary/aromatic N) is 2. The quantitative estimate of drug-likeness (QED) is 0.775. The fourth-order valence-electron chi connectivity index (χ4n) is 3.85. The van der Waals surface area contributed by atoms with Gasteiger partial charge >= 0.3 is 0 Å². The largest absolute Gasteiger partial charge is 0.352 e. The Labute approximate surface area is 158 Å². The van der Waals surface area contributed by atoms with Crippen molar-refractivity contribution in [1.29, 1.82) is 0 Å². The predicted molar refractivity (Wildman–Crippen MR) is 107 cm³/mol. The van der Waals surface area contributed by atoms with Crippen LogP contribution >= 0.6 is 0 Å². The molecule has 0 radical (unpaired) electrons. The summed E-state index contributed by atoms with van der Waals surface area (Å²) in [7, 11) is 0. The van der Waals surface area contributed by atoms with Crippen molar-refractivity contribution >= 4 is 5.91 Å². The molecule has 1 aliphatic carbocycles. The number of carbonyl (C=O) groups excluding carboxylic acids is 1. The summed E-state index contributed by atoms with van der Waals surface area (Å²) < 4.78 is 0. The van der Waals surface area contributed by atoms with Gasteiger partial charge in [-0.2, -0.15) is 0 Å². The van der Waals surface area contributed by atoms with E-state index in [0.717, 1.165) is 39.0 Å². The predicted octanol–water partition coefficient (Wildman–Crippen LogP) is 3.37. The summed E-state index contributed by atoms with van der Waals surface area (Å²) >= 11 is 0. The summed E-state index contributed by atoms with van der Waals surface area (Å²) in [4.78, 5) is 17.4. The van der Waals surface area contributed by atoms with E-state index in [2.05, 4.69) is 60.2 Å². The number of amides is 1. The molecular formula is C22H35N3O. The molecule has 1 aromatic carbocycles. The van der Waals surface area contributed by atoms with E-state index in [0.29, 0.717) is 24.5 Å². The Bertz CT molecular complexity index is 572. The van der Waals surface area contributed by atoms with Gasteiger partial charge in [-0.15, -0.1) is 0 Å². The van der Waals surface area contributed by atoms with Gasteiger partial charge in [-0.05, 0) is 49.3 Å². The van der Waals surface area contributed by atoms with Gasteiger partial charge in [0.25, 0.3) is 0 Å². The average Bonchev–Trinajstić information content (AvgIpc) is 3.47. The highest BCUT2D eigenvalue weighted by atomic mass is 16.2. The molecule has 3 rings (SSSR count). The Morgan fingerprint density at radius 1 is 1.15 bits per heavy atom. The van der Waals surface area contributed by atoms with Crippen LogP contribution in [0.3, 0.4) is 0 Å². The van der Waals surface area contributed by atoms with Gasteiger partial charge in [0.1, 0.15) is 0 Å². The van der Waals surface area contributed by atoms with E-state index in [1.54, 1.807) is 0 Å². The SMILES string of the molecule is CCN1CCC(NC(=O)CN(Cc2ccc(C(C)C)cc2)C2CC2)CC1. The molecule has 0 unspecified atom stereocenters. The lowest BCUT2D eigenvalue weighted by molar-refractivity contribution is -0.123. The van der Waals surface area contributed by atoms with Crippen molar-refractivity contribution in [2.45, 2.75) is 71.0 Å². The second kappa shape index (κ2) is 9.01. The molecule has 1 saturated heterocycles. The van der Waals surface area contributed by atoms with Crippen molar-refractivity contribution in [3.8, 4) is 0 Å². The van der Waals surface area contributed by atoms with Gasteiger partial charge in [0.15, 0.2) is 0 Å². The van der Waals surface area contributed by atoms with Gasteiger partial charge in [0, 0.05) is 31.7 Å². The Kier molecular flexibility index (Phi) is 6.71. The van der Waals surface area contributed by atoms with E-state index in [-0.39, 0.29) is 5.91 Å². The minimum atomic E-state index is 0.200.